The van der Waals surface area contributed by atoms with E-state index in [1.807, 2.05) is 32.9 Å². The fourth-order valence-corrected chi connectivity index (χ4v) is 2.19. The molecule has 2 aromatic rings. The van der Waals surface area contributed by atoms with Crippen molar-refractivity contribution in [3.63, 3.8) is 0 Å². The summed E-state index contributed by atoms with van der Waals surface area (Å²) in [4.78, 5) is 24.3. The van der Waals surface area contributed by atoms with Crippen molar-refractivity contribution < 1.29 is 14.3 Å². The molecule has 0 aliphatic rings. The lowest BCUT2D eigenvalue weighted by Crippen LogP contribution is -2.34. The molecule has 0 bridgehead atoms. The van der Waals surface area contributed by atoms with Crippen molar-refractivity contribution in [2.24, 2.45) is 5.41 Å². The molecule has 0 heterocycles. The highest BCUT2D eigenvalue weighted by molar-refractivity contribution is 6.05. The van der Waals surface area contributed by atoms with Crippen LogP contribution >= 0.6 is 12.4 Å². The van der Waals surface area contributed by atoms with E-state index in [0.717, 1.165) is 5.56 Å². The fraction of sp³-hybridized carbons (Fsp3) is 0.300. The zero-order valence-corrected chi connectivity index (χ0v) is 16.8. The zero-order chi connectivity index (χ0) is 19.3. The molecule has 0 aliphatic carbocycles. The SMILES string of the molecule is COc1ccc(N)c(NC(=O)c2ccc(CNC(=O)C(C)(C)C)cc2)c1.Cl. The molecule has 0 atom stereocenters. The Morgan fingerprint density at radius 2 is 1.70 bits per heavy atom. The smallest absolute Gasteiger partial charge is 0.255 e. The van der Waals surface area contributed by atoms with E-state index in [1.165, 1.54) is 0 Å². The van der Waals surface area contributed by atoms with Gasteiger partial charge in [0.15, 0.2) is 0 Å². The molecule has 0 radical (unpaired) electrons. The Bertz CT molecular complexity index is 799. The summed E-state index contributed by atoms with van der Waals surface area (Å²) < 4.78 is 5.14. The zero-order valence-electron chi connectivity index (χ0n) is 16.0. The van der Waals surface area contributed by atoms with Gasteiger partial charge in [0, 0.05) is 23.6 Å². The number of nitrogen functional groups attached to an aromatic ring is 1. The normalized spacial score (nSPS) is 10.5. The van der Waals surface area contributed by atoms with E-state index in [4.69, 9.17) is 10.5 Å². The Kier molecular flexibility index (Phi) is 7.67. The number of methoxy groups -OCH3 is 1. The Morgan fingerprint density at radius 1 is 1.07 bits per heavy atom. The molecule has 27 heavy (non-hydrogen) atoms. The maximum atomic E-state index is 12.4. The van der Waals surface area contributed by atoms with Gasteiger partial charge in [-0.05, 0) is 29.8 Å². The number of rotatable bonds is 5. The number of hydrogen-bond acceptors (Lipinski definition) is 4. The highest BCUT2D eigenvalue weighted by atomic mass is 35.5. The number of nitrogens with two attached hydrogens (primary N) is 1. The van der Waals surface area contributed by atoms with Gasteiger partial charge in [-0.1, -0.05) is 32.9 Å². The number of ether oxygens (including phenoxy) is 1. The lowest BCUT2D eigenvalue weighted by atomic mass is 9.95. The molecule has 2 rings (SSSR count). The van der Waals surface area contributed by atoms with E-state index >= 15 is 0 Å². The number of nitrogens with one attached hydrogen (secondary N) is 2. The van der Waals surface area contributed by atoms with Crippen molar-refractivity contribution in [3.8, 4) is 5.75 Å². The Morgan fingerprint density at radius 3 is 2.26 bits per heavy atom. The molecule has 0 aromatic heterocycles. The van der Waals surface area contributed by atoms with Crippen LogP contribution in [-0.4, -0.2) is 18.9 Å². The molecule has 0 saturated heterocycles. The van der Waals surface area contributed by atoms with Crippen LogP contribution < -0.4 is 21.1 Å². The standard InChI is InChI=1S/C20H25N3O3.ClH/c1-20(2,3)19(25)22-12-13-5-7-14(8-6-13)18(24)23-17-11-15(26-4)9-10-16(17)21;/h5-11H,12,21H2,1-4H3,(H,22,25)(H,23,24);1H. The highest BCUT2D eigenvalue weighted by Gasteiger charge is 2.20. The number of carbonyl (C=O) groups is 2. The second kappa shape index (κ2) is 9.28. The molecule has 2 amide bonds. The molecule has 7 heteroatoms. The van der Waals surface area contributed by atoms with Crippen LogP contribution in [0.4, 0.5) is 11.4 Å². The molecule has 6 nitrogen and oxygen atoms in total. The van der Waals surface area contributed by atoms with E-state index < -0.39 is 5.41 Å². The van der Waals surface area contributed by atoms with E-state index in [0.29, 0.717) is 29.2 Å². The molecular weight excluding hydrogens is 366 g/mol. The monoisotopic (exact) mass is 391 g/mol. The molecule has 2 aromatic carbocycles. The fourth-order valence-electron chi connectivity index (χ4n) is 2.19. The van der Waals surface area contributed by atoms with Gasteiger partial charge in [0.1, 0.15) is 5.75 Å². The Balaban J connectivity index is 0.00000364. The summed E-state index contributed by atoms with van der Waals surface area (Å²) in [6.07, 6.45) is 0. The van der Waals surface area contributed by atoms with Crippen molar-refractivity contribution in [1.29, 1.82) is 0 Å². The number of hydrogen-bond donors (Lipinski definition) is 3. The van der Waals surface area contributed by atoms with Gasteiger partial charge in [-0.3, -0.25) is 9.59 Å². The molecular formula is C20H26ClN3O3. The molecule has 146 valence electrons. The van der Waals surface area contributed by atoms with Crippen LogP contribution in [0.5, 0.6) is 5.75 Å². The van der Waals surface area contributed by atoms with Gasteiger partial charge in [0.25, 0.3) is 5.91 Å². The average Bonchev–Trinajstić information content (AvgIpc) is 2.61. The Hall–Kier alpha value is -2.73. The third-order valence-corrected chi connectivity index (χ3v) is 3.86. The number of carbonyl (C=O) groups excluding carboxylic acids is 2. The maximum absolute atomic E-state index is 12.4. The van der Waals surface area contributed by atoms with Crippen molar-refractivity contribution in [3.05, 3.63) is 53.6 Å². The van der Waals surface area contributed by atoms with Crippen molar-refractivity contribution in [2.75, 3.05) is 18.2 Å². The molecule has 0 fully saturated rings. The van der Waals surface area contributed by atoms with Crippen molar-refractivity contribution in [2.45, 2.75) is 27.3 Å². The van der Waals surface area contributed by atoms with Gasteiger partial charge in [-0.15, -0.1) is 12.4 Å². The second-order valence-corrected chi connectivity index (χ2v) is 7.04. The summed E-state index contributed by atoms with van der Waals surface area (Å²) in [5.41, 5.74) is 7.82. The van der Waals surface area contributed by atoms with Gasteiger partial charge in [-0.2, -0.15) is 0 Å². The van der Waals surface area contributed by atoms with Crippen LogP contribution in [0.3, 0.4) is 0 Å². The summed E-state index contributed by atoms with van der Waals surface area (Å²) >= 11 is 0. The van der Waals surface area contributed by atoms with E-state index in [9.17, 15) is 9.59 Å². The summed E-state index contributed by atoms with van der Waals surface area (Å²) in [5.74, 6) is 0.322. The van der Waals surface area contributed by atoms with Gasteiger partial charge >= 0.3 is 0 Å². The van der Waals surface area contributed by atoms with Gasteiger partial charge in [0.2, 0.25) is 5.91 Å². The first-order chi connectivity index (χ1) is 12.2. The number of halogens is 1. The summed E-state index contributed by atoms with van der Waals surface area (Å²) in [6, 6.07) is 12.1. The van der Waals surface area contributed by atoms with E-state index in [-0.39, 0.29) is 24.2 Å². The lowest BCUT2D eigenvalue weighted by Gasteiger charge is -2.17. The Labute approximate surface area is 165 Å². The first-order valence-corrected chi connectivity index (χ1v) is 8.33. The van der Waals surface area contributed by atoms with Crippen LogP contribution in [0.15, 0.2) is 42.5 Å². The number of amides is 2. The predicted octanol–water partition coefficient (Wildman–Crippen LogP) is 3.61. The van der Waals surface area contributed by atoms with E-state index in [2.05, 4.69) is 10.6 Å². The first kappa shape index (κ1) is 22.3. The first-order valence-electron chi connectivity index (χ1n) is 8.33. The highest BCUT2D eigenvalue weighted by Crippen LogP contribution is 2.25. The van der Waals surface area contributed by atoms with Crippen molar-refractivity contribution >= 4 is 35.6 Å². The summed E-state index contributed by atoms with van der Waals surface area (Å²) in [5, 5.41) is 5.65. The molecule has 0 saturated carbocycles. The van der Waals surface area contributed by atoms with Crippen LogP contribution in [0.25, 0.3) is 0 Å². The largest absolute Gasteiger partial charge is 0.497 e. The third-order valence-electron chi connectivity index (χ3n) is 3.86. The quantitative estimate of drug-likeness (QED) is 0.678. The van der Waals surface area contributed by atoms with Gasteiger partial charge in [0.05, 0.1) is 18.5 Å². The molecule has 0 unspecified atom stereocenters. The van der Waals surface area contributed by atoms with Crippen molar-refractivity contribution in [1.82, 2.24) is 5.32 Å². The summed E-state index contributed by atoms with van der Waals surface area (Å²) in [6.45, 7) is 6.00. The lowest BCUT2D eigenvalue weighted by molar-refractivity contribution is -0.128. The minimum Gasteiger partial charge on any atom is -0.497 e. The molecule has 0 aliphatic heterocycles. The van der Waals surface area contributed by atoms with Crippen LogP contribution in [-0.2, 0) is 11.3 Å². The predicted molar refractivity (Wildman–Crippen MR) is 110 cm³/mol. The number of anilines is 2. The van der Waals surface area contributed by atoms with Gasteiger partial charge < -0.3 is 21.1 Å². The number of benzene rings is 2. The van der Waals surface area contributed by atoms with Gasteiger partial charge in [-0.25, -0.2) is 0 Å². The molecule has 4 N–H and O–H groups in total. The van der Waals surface area contributed by atoms with Crippen LogP contribution in [0, 0.1) is 5.41 Å². The average molecular weight is 392 g/mol. The summed E-state index contributed by atoms with van der Waals surface area (Å²) in [7, 11) is 1.55. The topological polar surface area (TPSA) is 93.4 Å². The van der Waals surface area contributed by atoms with Crippen LogP contribution in [0.2, 0.25) is 0 Å². The minimum atomic E-state index is -0.434. The molecule has 0 spiro atoms. The third kappa shape index (κ3) is 6.18. The van der Waals surface area contributed by atoms with E-state index in [1.54, 1.807) is 37.4 Å². The second-order valence-electron chi connectivity index (χ2n) is 7.04. The minimum absolute atomic E-state index is 0. The van der Waals surface area contributed by atoms with Crippen LogP contribution in [0.1, 0.15) is 36.7 Å². The maximum Gasteiger partial charge on any atom is 0.255 e.